The standard InChI is InChI=1S/C16H20N2O2/c1-11(6-5-9-19)18-16(20)14-10-12(2)17-15-8-4-3-7-13(14)15/h3-4,7-8,10-11,19H,5-6,9H2,1-2H3,(H,18,20). The van der Waals surface area contributed by atoms with Gasteiger partial charge in [0, 0.05) is 23.7 Å². The van der Waals surface area contributed by atoms with Crippen molar-refractivity contribution < 1.29 is 9.90 Å². The zero-order chi connectivity index (χ0) is 14.5. The highest BCUT2D eigenvalue weighted by molar-refractivity contribution is 6.06. The molecule has 2 aromatic rings. The summed E-state index contributed by atoms with van der Waals surface area (Å²) in [6.45, 7) is 3.99. The Labute approximate surface area is 118 Å². The summed E-state index contributed by atoms with van der Waals surface area (Å²) in [7, 11) is 0. The number of amides is 1. The lowest BCUT2D eigenvalue weighted by Gasteiger charge is -2.14. The number of carbonyl (C=O) groups is 1. The van der Waals surface area contributed by atoms with Crippen LogP contribution in [0.5, 0.6) is 0 Å². The fourth-order valence-corrected chi connectivity index (χ4v) is 2.27. The number of aliphatic hydroxyl groups is 1. The molecule has 1 unspecified atom stereocenters. The number of aryl methyl sites for hydroxylation is 1. The van der Waals surface area contributed by atoms with Gasteiger partial charge in [-0.2, -0.15) is 0 Å². The van der Waals surface area contributed by atoms with Crippen molar-refractivity contribution in [2.45, 2.75) is 32.7 Å². The van der Waals surface area contributed by atoms with E-state index in [9.17, 15) is 4.79 Å². The minimum Gasteiger partial charge on any atom is -0.396 e. The first-order chi connectivity index (χ1) is 9.61. The van der Waals surface area contributed by atoms with Crippen molar-refractivity contribution in [3.05, 3.63) is 41.6 Å². The molecule has 0 saturated heterocycles. The molecule has 0 aliphatic rings. The molecule has 1 aromatic carbocycles. The van der Waals surface area contributed by atoms with Crippen LogP contribution in [0.2, 0.25) is 0 Å². The maximum atomic E-state index is 12.4. The zero-order valence-corrected chi connectivity index (χ0v) is 11.9. The average molecular weight is 272 g/mol. The van der Waals surface area contributed by atoms with Crippen molar-refractivity contribution >= 4 is 16.8 Å². The van der Waals surface area contributed by atoms with Gasteiger partial charge in [0.2, 0.25) is 0 Å². The highest BCUT2D eigenvalue weighted by Gasteiger charge is 2.13. The maximum absolute atomic E-state index is 12.4. The minimum atomic E-state index is -0.0860. The Kier molecular flexibility index (Phi) is 4.69. The molecule has 0 radical (unpaired) electrons. The minimum absolute atomic E-state index is 0.0434. The SMILES string of the molecule is Cc1cc(C(=O)NC(C)CCCO)c2ccccc2n1. The smallest absolute Gasteiger partial charge is 0.252 e. The molecular weight excluding hydrogens is 252 g/mol. The number of hydrogen-bond donors (Lipinski definition) is 2. The van der Waals surface area contributed by atoms with Gasteiger partial charge in [0.1, 0.15) is 0 Å². The topological polar surface area (TPSA) is 62.2 Å². The molecule has 20 heavy (non-hydrogen) atoms. The number of nitrogens with one attached hydrogen (secondary N) is 1. The van der Waals surface area contributed by atoms with Crippen LogP contribution >= 0.6 is 0 Å². The van der Waals surface area contributed by atoms with Crippen molar-refractivity contribution in [3.8, 4) is 0 Å². The van der Waals surface area contributed by atoms with E-state index in [0.717, 1.165) is 23.0 Å². The van der Waals surface area contributed by atoms with Gasteiger partial charge in [-0.3, -0.25) is 9.78 Å². The van der Waals surface area contributed by atoms with Gasteiger partial charge >= 0.3 is 0 Å². The zero-order valence-electron chi connectivity index (χ0n) is 11.9. The first-order valence-corrected chi connectivity index (χ1v) is 6.90. The summed E-state index contributed by atoms with van der Waals surface area (Å²) in [5.74, 6) is -0.0860. The molecular formula is C16H20N2O2. The fraction of sp³-hybridized carbons (Fsp3) is 0.375. The van der Waals surface area contributed by atoms with Crippen molar-refractivity contribution in [1.82, 2.24) is 10.3 Å². The summed E-state index contributed by atoms with van der Waals surface area (Å²) in [6.07, 6.45) is 1.46. The number of carbonyl (C=O) groups excluding carboxylic acids is 1. The molecule has 0 aliphatic carbocycles. The molecule has 0 bridgehead atoms. The number of para-hydroxylation sites is 1. The predicted molar refractivity (Wildman–Crippen MR) is 79.7 cm³/mol. The molecule has 0 spiro atoms. The lowest BCUT2D eigenvalue weighted by molar-refractivity contribution is 0.0938. The first kappa shape index (κ1) is 14.5. The summed E-state index contributed by atoms with van der Waals surface area (Å²) < 4.78 is 0. The van der Waals surface area contributed by atoms with Crippen molar-refractivity contribution in [2.75, 3.05) is 6.61 Å². The van der Waals surface area contributed by atoms with Crippen LogP contribution in [0.15, 0.2) is 30.3 Å². The van der Waals surface area contributed by atoms with Gasteiger partial charge in [0.15, 0.2) is 0 Å². The van der Waals surface area contributed by atoms with E-state index >= 15 is 0 Å². The van der Waals surface area contributed by atoms with Gasteiger partial charge in [-0.15, -0.1) is 0 Å². The Hall–Kier alpha value is -1.94. The Balaban J connectivity index is 2.25. The highest BCUT2D eigenvalue weighted by atomic mass is 16.3. The van der Waals surface area contributed by atoms with E-state index in [2.05, 4.69) is 10.3 Å². The van der Waals surface area contributed by atoms with E-state index in [1.54, 1.807) is 0 Å². The van der Waals surface area contributed by atoms with Gasteiger partial charge < -0.3 is 10.4 Å². The van der Waals surface area contributed by atoms with Gasteiger partial charge in [-0.25, -0.2) is 0 Å². The van der Waals surface area contributed by atoms with Crippen LogP contribution in [-0.4, -0.2) is 28.6 Å². The molecule has 4 heteroatoms. The summed E-state index contributed by atoms with van der Waals surface area (Å²) in [5, 5.41) is 12.7. The van der Waals surface area contributed by atoms with Gasteiger partial charge in [-0.05, 0) is 38.8 Å². The number of hydrogen-bond acceptors (Lipinski definition) is 3. The Bertz CT molecular complexity index is 610. The Morgan fingerprint density at radius 2 is 2.15 bits per heavy atom. The monoisotopic (exact) mass is 272 g/mol. The molecule has 1 aromatic heterocycles. The number of aromatic nitrogens is 1. The van der Waals surface area contributed by atoms with Crippen molar-refractivity contribution in [2.24, 2.45) is 0 Å². The van der Waals surface area contributed by atoms with Crippen LogP contribution in [0.25, 0.3) is 10.9 Å². The lowest BCUT2D eigenvalue weighted by atomic mass is 10.1. The van der Waals surface area contributed by atoms with E-state index in [-0.39, 0.29) is 18.6 Å². The summed E-state index contributed by atoms with van der Waals surface area (Å²) >= 11 is 0. The van der Waals surface area contributed by atoms with Crippen LogP contribution in [0.3, 0.4) is 0 Å². The molecule has 1 heterocycles. The quantitative estimate of drug-likeness (QED) is 0.878. The molecule has 0 fully saturated rings. The van der Waals surface area contributed by atoms with Gasteiger partial charge in [-0.1, -0.05) is 18.2 Å². The van der Waals surface area contributed by atoms with E-state index in [4.69, 9.17) is 5.11 Å². The van der Waals surface area contributed by atoms with Crippen LogP contribution in [0.4, 0.5) is 0 Å². The van der Waals surface area contributed by atoms with Crippen molar-refractivity contribution in [1.29, 1.82) is 0 Å². The molecule has 1 atom stereocenters. The lowest BCUT2D eigenvalue weighted by Crippen LogP contribution is -2.32. The number of benzene rings is 1. The second-order valence-electron chi connectivity index (χ2n) is 5.07. The van der Waals surface area contributed by atoms with E-state index < -0.39 is 0 Å². The maximum Gasteiger partial charge on any atom is 0.252 e. The molecule has 0 saturated carbocycles. The summed E-state index contributed by atoms with van der Waals surface area (Å²) in [5.41, 5.74) is 2.32. The molecule has 4 nitrogen and oxygen atoms in total. The second-order valence-corrected chi connectivity index (χ2v) is 5.07. The molecule has 0 aliphatic heterocycles. The third-order valence-electron chi connectivity index (χ3n) is 3.26. The summed E-state index contributed by atoms with van der Waals surface area (Å²) in [4.78, 5) is 16.8. The normalized spacial score (nSPS) is 12.3. The number of aliphatic hydroxyl groups excluding tert-OH is 1. The van der Waals surface area contributed by atoms with Crippen LogP contribution in [-0.2, 0) is 0 Å². The third kappa shape index (κ3) is 3.33. The number of fused-ring (bicyclic) bond motifs is 1. The van der Waals surface area contributed by atoms with E-state index in [1.807, 2.05) is 44.2 Å². The third-order valence-corrected chi connectivity index (χ3v) is 3.26. The van der Waals surface area contributed by atoms with E-state index in [1.165, 1.54) is 0 Å². The molecule has 2 rings (SSSR count). The van der Waals surface area contributed by atoms with Crippen LogP contribution < -0.4 is 5.32 Å². The second kappa shape index (κ2) is 6.48. The largest absolute Gasteiger partial charge is 0.396 e. The molecule has 106 valence electrons. The van der Waals surface area contributed by atoms with Gasteiger partial charge in [0.25, 0.3) is 5.91 Å². The summed E-state index contributed by atoms with van der Waals surface area (Å²) in [6, 6.07) is 9.51. The highest BCUT2D eigenvalue weighted by Crippen LogP contribution is 2.18. The fourth-order valence-electron chi connectivity index (χ4n) is 2.27. The van der Waals surface area contributed by atoms with Gasteiger partial charge in [0.05, 0.1) is 11.1 Å². The number of rotatable bonds is 5. The Morgan fingerprint density at radius 3 is 2.90 bits per heavy atom. The predicted octanol–water partition coefficient (Wildman–Crippen LogP) is 2.43. The number of nitrogens with zero attached hydrogens (tertiary/aromatic N) is 1. The Morgan fingerprint density at radius 1 is 1.40 bits per heavy atom. The van der Waals surface area contributed by atoms with Crippen LogP contribution in [0, 0.1) is 6.92 Å². The molecule has 2 N–H and O–H groups in total. The van der Waals surface area contributed by atoms with Crippen molar-refractivity contribution in [3.63, 3.8) is 0 Å². The average Bonchev–Trinajstić information content (AvgIpc) is 2.44. The first-order valence-electron chi connectivity index (χ1n) is 6.90. The van der Waals surface area contributed by atoms with E-state index in [0.29, 0.717) is 12.0 Å². The molecule has 1 amide bonds. The van der Waals surface area contributed by atoms with Crippen LogP contribution in [0.1, 0.15) is 35.8 Å². The number of pyridine rings is 1.